The minimum Gasteiger partial charge on any atom is -0.493 e. The quantitative estimate of drug-likeness (QED) is 0.679. The number of hydrogen-bond donors (Lipinski definition) is 1. The Bertz CT molecular complexity index is 940. The molecule has 158 valence electrons. The number of ether oxygens (including phenoxy) is 2. The van der Waals surface area contributed by atoms with Crippen LogP contribution < -0.4 is 14.8 Å². The monoisotopic (exact) mass is 408 g/mol. The maximum Gasteiger partial charge on any atom is 0.229 e. The fourth-order valence-corrected chi connectivity index (χ4v) is 3.97. The van der Waals surface area contributed by atoms with Crippen LogP contribution in [0.25, 0.3) is 0 Å². The molecule has 0 aliphatic carbocycles. The Morgan fingerprint density at radius 2 is 1.90 bits per heavy atom. The Morgan fingerprint density at radius 1 is 1.10 bits per heavy atom. The first kappa shape index (κ1) is 20.4. The van der Waals surface area contributed by atoms with Crippen LogP contribution in [0.15, 0.2) is 36.4 Å². The standard InChI is InChI=1S/C24H28N2O4/c1-16-13-18(3-5-21(16)30-12-10-26-23(27)7-8-24(26)28)15-25-17(2)19-4-6-22-20(14-19)9-11-29-22/h3-6,13-14,17,25H,7-12,15H2,1-2H3. The Balaban J connectivity index is 1.28. The van der Waals surface area contributed by atoms with Crippen LogP contribution in [0.5, 0.6) is 11.5 Å². The third-order valence-electron chi connectivity index (χ3n) is 5.79. The lowest BCUT2D eigenvalue weighted by molar-refractivity contribution is -0.138. The molecule has 1 fully saturated rings. The van der Waals surface area contributed by atoms with E-state index >= 15 is 0 Å². The second-order valence-electron chi connectivity index (χ2n) is 7.96. The smallest absolute Gasteiger partial charge is 0.229 e. The molecule has 0 saturated carbocycles. The van der Waals surface area contributed by atoms with Crippen LogP contribution in [0.4, 0.5) is 0 Å². The van der Waals surface area contributed by atoms with Gasteiger partial charge in [0.05, 0.1) is 13.2 Å². The predicted octanol–water partition coefficient (Wildman–Crippen LogP) is 3.31. The van der Waals surface area contributed by atoms with Gasteiger partial charge in [-0.25, -0.2) is 0 Å². The van der Waals surface area contributed by atoms with Crippen molar-refractivity contribution in [3.8, 4) is 11.5 Å². The van der Waals surface area contributed by atoms with E-state index in [1.54, 1.807) is 0 Å². The molecule has 1 atom stereocenters. The van der Waals surface area contributed by atoms with E-state index in [9.17, 15) is 9.59 Å². The molecule has 2 amide bonds. The highest BCUT2D eigenvalue weighted by Gasteiger charge is 2.28. The predicted molar refractivity (Wildman–Crippen MR) is 114 cm³/mol. The summed E-state index contributed by atoms with van der Waals surface area (Å²) in [4.78, 5) is 24.6. The van der Waals surface area contributed by atoms with Crippen molar-refractivity contribution in [2.75, 3.05) is 19.8 Å². The van der Waals surface area contributed by atoms with Gasteiger partial charge in [0, 0.05) is 31.8 Å². The SMILES string of the molecule is Cc1cc(CNC(C)c2ccc3c(c2)CCO3)ccc1OCCN1C(=O)CCC1=O. The topological polar surface area (TPSA) is 67.9 Å². The molecular formula is C24H28N2O4. The van der Waals surface area contributed by atoms with Gasteiger partial charge < -0.3 is 14.8 Å². The maximum atomic E-state index is 11.7. The molecule has 0 spiro atoms. The maximum absolute atomic E-state index is 11.7. The lowest BCUT2D eigenvalue weighted by atomic mass is 10.0. The van der Waals surface area contributed by atoms with E-state index in [4.69, 9.17) is 9.47 Å². The molecule has 0 radical (unpaired) electrons. The van der Waals surface area contributed by atoms with Crippen molar-refractivity contribution in [3.63, 3.8) is 0 Å². The summed E-state index contributed by atoms with van der Waals surface area (Å²) < 4.78 is 11.4. The van der Waals surface area contributed by atoms with Gasteiger partial charge in [-0.05, 0) is 48.2 Å². The van der Waals surface area contributed by atoms with Crippen molar-refractivity contribution >= 4 is 11.8 Å². The van der Waals surface area contributed by atoms with Crippen LogP contribution in [-0.2, 0) is 22.6 Å². The Kier molecular flexibility index (Phi) is 6.04. The van der Waals surface area contributed by atoms with Crippen LogP contribution in [0.2, 0.25) is 0 Å². The fraction of sp³-hybridized carbons (Fsp3) is 0.417. The van der Waals surface area contributed by atoms with Crippen LogP contribution in [0.3, 0.4) is 0 Å². The first-order valence-corrected chi connectivity index (χ1v) is 10.6. The highest BCUT2D eigenvalue weighted by molar-refractivity contribution is 6.01. The summed E-state index contributed by atoms with van der Waals surface area (Å²) in [6.45, 7) is 6.34. The summed E-state index contributed by atoms with van der Waals surface area (Å²) in [5.74, 6) is 1.58. The second-order valence-corrected chi connectivity index (χ2v) is 7.96. The summed E-state index contributed by atoms with van der Waals surface area (Å²) in [6, 6.07) is 12.8. The van der Waals surface area contributed by atoms with Crippen molar-refractivity contribution < 1.29 is 19.1 Å². The molecule has 30 heavy (non-hydrogen) atoms. The van der Waals surface area contributed by atoms with Gasteiger partial charge >= 0.3 is 0 Å². The first-order chi connectivity index (χ1) is 14.5. The van der Waals surface area contributed by atoms with Gasteiger partial charge in [0.2, 0.25) is 11.8 Å². The van der Waals surface area contributed by atoms with Crippen molar-refractivity contribution in [2.24, 2.45) is 0 Å². The molecule has 6 heteroatoms. The number of nitrogens with one attached hydrogen (secondary N) is 1. The molecular weight excluding hydrogens is 380 g/mol. The molecule has 2 aromatic carbocycles. The summed E-state index contributed by atoms with van der Waals surface area (Å²) in [7, 11) is 0. The third-order valence-corrected chi connectivity index (χ3v) is 5.79. The lowest BCUT2D eigenvalue weighted by Crippen LogP contribution is -2.33. The number of aryl methyl sites for hydroxylation is 1. The second kappa shape index (κ2) is 8.88. The number of hydrogen-bond acceptors (Lipinski definition) is 5. The lowest BCUT2D eigenvalue weighted by Gasteiger charge is -2.17. The summed E-state index contributed by atoms with van der Waals surface area (Å²) >= 11 is 0. The van der Waals surface area contributed by atoms with Gasteiger partial charge in [-0.3, -0.25) is 14.5 Å². The van der Waals surface area contributed by atoms with Gasteiger partial charge in [-0.2, -0.15) is 0 Å². The molecule has 0 aromatic heterocycles. The molecule has 1 N–H and O–H groups in total. The Morgan fingerprint density at radius 3 is 2.67 bits per heavy atom. The molecule has 4 rings (SSSR count). The van der Waals surface area contributed by atoms with E-state index < -0.39 is 0 Å². The summed E-state index contributed by atoms with van der Waals surface area (Å²) in [6.07, 6.45) is 1.62. The largest absolute Gasteiger partial charge is 0.493 e. The number of carbonyl (C=O) groups excluding carboxylic acids is 2. The molecule has 1 unspecified atom stereocenters. The number of benzene rings is 2. The molecule has 2 aliphatic heterocycles. The number of fused-ring (bicyclic) bond motifs is 1. The van der Waals surface area contributed by atoms with Gasteiger partial charge in [-0.15, -0.1) is 0 Å². The van der Waals surface area contributed by atoms with E-state index in [1.165, 1.54) is 21.6 Å². The number of carbonyl (C=O) groups is 2. The zero-order valence-corrected chi connectivity index (χ0v) is 17.6. The Labute approximate surface area is 177 Å². The fourth-order valence-electron chi connectivity index (χ4n) is 3.97. The van der Waals surface area contributed by atoms with Crippen LogP contribution in [0, 0.1) is 6.92 Å². The highest BCUT2D eigenvalue weighted by atomic mass is 16.5. The summed E-state index contributed by atoms with van der Waals surface area (Å²) in [5.41, 5.74) is 4.77. The van der Waals surface area contributed by atoms with Crippen molar-refractivity contribution in [1.29, 1.82) is 0 Å². The van der Waals surface area contributed by atoms with Crippen molar-refractivity contribution in [2.45, 2.75) is 45.7 Å². The minimum atomic E-state index is -0.105. The van der Waals surface area contributed by atoms with Gasteiger partial charge in [-0.1, -0.05) is 24.3 Å². The zero-order valence-electron chi connectivity index (χ0n) is 17.6. The minimum absolute atomic E-state index is 0.105. The number of imide groups is 1. The van der Waals surface area contributed by atoms with Crippen LogP contribution in [-0.4, -0.2) is 36.5 Å². The van der Waals surface area contributed by atoms with E-state index in [0.29, 0.717) is 26.0 Å². The molecule has 2 aliphatic rings. The Hall–Kier alpha value is -2.86. The third kappa shape index (κ3) is 4.49. The van der Waals surface area contributed by atoms with Crippen molar-refractivity contribution in [3.05, 3.63) is 58.7 Å². The van der Waals surface area contributed by atoms with E-state index in [-0.39, 0.29) is 17.9 Å². The molecule has 6 nitrogen and oxygen atoms in total. The van der Waals surface area contributed by atoms with Gasteiger partial charge in [0.25, 0.3) is 0 Å². The van der Waals surface area contributed by atoms with E-state index in [2.05, 4.69) is 36.5 Å². The molecule has 2 heterocycles. The molecule has 0 bridgehead atoms. The number of amides is 2. The first-order valence-electron chi connectivity index (χ1n) is 10.6. The van der Waals surface area contributed by atoms with Crippen molar-refractivity contribution in [1.82, 2.24) is 10.2 Å². The average Bonchev–Trinajstić information content (AvgIpc) is 3.34. The zero-order chi connectivity index (χ0) is 21.1. The van der Waals surface area contributed by atoms with E-state index in [0.717, 1.165) is 36.6 Å². The van der Waals surface area contributed by atoms with E-state index in [1.807, 2.05) is 19.1 Å². The molecule has 2 aromatic rings. The van der Waals surface area contributed by atoms with Crippen LogP contribution in [0.1, 0.15) is 48.1 Å². The number of rotatable bonds is 8. The number of nitrogens with zero attached hydrogens (tertiary/aromatic N) is 1. The summed E-state index contributed by atoms with van der Waals surface area (Å²) in [5, 5.41) is 3.58. The average molecular weight is 408 g/mol. The normalized spacial score (nSPS) is 16.5. The highest BCUT2D eigenvalue weighted by Crippen LogP contribution is 2.28. The van der Waals surface area contributed by atoms with Gasteiger partial charge in [0.1, 0.15) is 18.1 Å². The van der Waals surface area contributed by atoms with Gasteiger partial charge in [0.15, 0.2) is 0 Å². The number of likely N-dealkylation sites (tertiary alicyclic amines) is 1. The van der Waals surface area contributed by atoms with Crippen LogP contribution >= 0.6 is 0 Å². The molecule has 1 saturated heterocycles.